The van der Waals surface area contributed by atoms with Crippen LogP contribution < -0.4 is 5.32 Å². The van der Waals surface area contributed by atoms with Gasteiger partial charge in [0, 0.05) is 0 Å². The molecule has 2 unspecified atom stereocenters. The summed E-state index contributed by atoms with van der Waals surface area (Å²) in [5.74, 6) is 0. The summed E-state index contributed by atoms with van der Waals surface area (Å²) in [5, 5.41) is 0.745. The van der Waals surface area contributed by atoms with Gasteiger partial charge in [-0.2, -0.15) is 0 Å². The molecule has 0 rings (SSSR count). The molecule has 12 heavy (non-hydrogen) atoms. The van der Waals surface area contributed by atoms with Gasteiger partial charge in [-0.3, -0.25) is 0 Å². The molecule has 0 fully saturated rings. The second-order valence-electron chi connectivity index (χ2n) is 1.64. The van der Waals surface area contributed by atoms with E-state index < -0.39 is 25.4 Å². The first-order valence-electron chi connectivity index (χ1n) is 2.55. The first kappa shape index (κ1) is 15.0. The van der Waals surface area contributed by atoms with Gasteiger partial charge in [-0.25, -0.2) is 31.7 Å². The van der Waals surface area contributed by atoms with Gasteiger partial charge in [0.2, 0.25) is 12.6 Å². The molecule has 0 spiro atoms. The Balaban J connectivity index is 0. The summed E-state index contributed by atoms with van der Waals surface area (Å²) in [4.78, 5) is 0. The summed E-state index contributed by atoms with van der Waals surface area (Å²) >= 11 is 0. The Morgan fingerprint density at radius 3 is 1.08 bits per heavy atom. The maximum absolute atomic E-state index is 11.7. The van der Waals surface area contributed by atoms with Gasteiger partial charge in [0.1, 0.15) is 0 Å². The molecule has 0 bridgehead atoms. The number of halogens is 6. The molecule has 0 saturated heterocycles. The molecule has 8 heteroatoms. The minimum absolute atomic E-state index is 0. The van der Waals surface area contributed by atoms with Crippen LogP contribution in [-0.4, -0.2) is 55.0 Å². The van der Waals surface area contributed by atoms with Gasteiger partial charge in [0.15, 0.2) is 0 Å². The van der Waals surface area contributed by atoms with E-state index in [1.54, 1.807) is 0 Å². The van der Waals surface area contributed by atoms with E-state index in [4.69, 9.17) is 0 Å². The van der Waals surface area contributed by atoms with Crippen LogP contribution in [-0.2, 0) is 0 Å². The van der Waals surface area contributed by atoms with Crippen molar-refractivity contribution in [3.05, 3.63) is 0 Å². The second kappa shape index (κ2) is 6.99. The summed E-state index contributed by atoms with van der Waals surface area (Å²) in [5.41, 5.74) is 0. The van der Waals surface area contributed by atoms with E-state index in [-0.39, 0.29) is 29.6 Å². The third-order valence-electron chi connectivity index (χ3n) is 0.761. The zero-order valence-corrected chi connectivity index (χ0v) is 5.08. The topological polar surface area (TPSA) is 12.0 Å². The van der Waals surface area contributed by atoms with Crippen LogP contribution in [0.2, 0.25) is 0 Å². The van der Waals surface area contributed by atoms with Gasteiger partial charge in [-0.05, 0) is 0 Å². The van der Waals surface area contributed by atoms with Crippen molar-refractivity contribution in [3.8, 4) is 0 Å². The predicted molar refractivity (Wildman–Crippen MR) is 32.1 cm³/mol. The molecule has 0 aliphatic rings. The Morgan fingerprint density at radius 2 is 0.917 bits per heavy atom. The Labute approximate surface area is 86.8 Å². The second-order valence-corrected chi connectivity index (χ2v) is 1.64. The predicted octanol–water partition coefficient (Wildman–Crippen LogP) is 1.05. The number of hydrogen-bond donors (Lipinski definition) is 1. The zero-order chi connectivity index (χ0) is 9.02. The molecular weight excluding hydrogens is 199 g/mol. The van der Waals surface area contributed by atoms with Crippen molar-refractivity contribution in [1.82, 2.24) is 5.32 Å². The molecule has 0 amide bonds. The first-order chi connectivity index (χ1) is 4.95. The number of hydrogen-bond acceptors (Lipinski definition) is 1. The van der Waals surface area contributed by atoms with Crippen molar-refractivity contribution in [3.63, 3.8) is 0 Å². The number of alkyl halides is 6. The summed E-state index contributed by atoms with van der Waals surface area (Å²) in [7, 11) is 0. The molecule has 0 aliphatic carbocycles. The molecule has 0 aromatic rings. The summed E-state index contributed by atoms with van der Waals surface area (Å²) in [6.45, 7) is 0. The summed E-state index contributed by atoms with van der Waals surface area (Å²) in [6, 6.07) is 0. The van der Waals surface area contributed by atoms with Crippen LogP contribution in [0.1, 0.15) is 0 Å². The van der Waals surface area contributed by atoms with Crippen molar-refractivity contribution in [2.45, 2.75) is 25.4 Å². The third-order valence-corrected chi connectivity index (χ3v) is 0.761. The van der Waals surface area contributed by atoms with E-state index >= 15 is 0 Å². The van der Waals surface area contributed by atoms with Gasteiger partial charge in [-0.15, -0.1) is 0 Å². The monoisotopic (exact) mass is 205 g/mol. The van der Waals surface area contributed by atoms with Crippen LogP contribution in [0, 0.1) is 0 Å². The van der Waals surface area contributed by atoms with Crippen LogP contribution in [0.15, 0.2) is 0 Å². The van der Waals surface area contributed by atoms with Gasteiger partial charge >= 0.3 is 29.6 Å². The van der Waals surface area contributed by atoms with E-state index in [2.05, 4.69) is 0 Å². The van der Waals surface area contributed by atoms with Crippen molar-refractivity contribution in [2.24, 2.45) is 0 Å². The Hall–Kier alpha value is 0.540. The van der Waals surface area contributed by atoms with E-state index in [1.165, 1.54) is 0 Å². The van der Waals surface area contributed by atoms with Crippen molar-refractivity contribution < 1.29 is 26.3 Å². The normalized spacial score (nSPS) is 16.0. The SMILES string of the molecule is FC(F)C(F)NC(F)C(F)F.[NaH]. The summed E-state index contributed by atoms with van der Waals surface area (Å²) < 4.78 is 68.2. The van der Waals surface area contributed by atoms with Crippen LogP contribution >= 0.6 is 0 Å². The fourth-order valence-electron chi connectivity index (χ4n) is 0.298. The number of nitrogens with one attached hydrogen (secondary N) is 1. The van der Waals surface area contributed by atoms with E-state index in [0.29, 0.717) is 0 Å². The first-order valence-corrected chi connectivity index (χ1v) is 2.55. The van der Waals surface area contributed by atoms with Gasteiger partial charge in [-0.1, -0.05) is 0 Å². The average molecular weight is 205 g/mol. The van der Waals surface area contributed by atoms with E-state index in [9.17, 15) is 26.3 Å². The quantitative estimate of drug-likeness (QED) is 0.411. The molecule has 70 valence electrons. The fourth-order valence-corrected chi connectivity index (χ4v) is 0.298. The zero-order valence-electron chi connectivity index (χ0n) is 5.08. The Kier molecular flexibility index (Phi) is 8.76. The molecule has 0 aliphatic heterocycles. The molecule has 0 aromatic heterocycles. The standard InChI is InChI=1S/C4H5F6N.Na.H/c5-1(6)3(9)11-4(10)2(7)8;;/h1-4,11H;;. The van der Waals surface area contributed by atoms with Gasteiger partial charge < -0.3 is 0 Å². The molecule has 0 radical (unpaired) electrons. The third kappa shape index (κ3) is 6.10. The molecule has 1 N–H and O–H groups in total. The van der Waals surface area contributed by atoms with E-state index in [1.807, 2.05) is 0 Å². The molecule has 0 aromatic carbocycles. The van der Waals surface area contributed by atoms with Crippen molar-refractivity contribution >= 4 is 29.6 Å². The minimum atomic E-state index is -3.51. The van der Waals surface area contributed by atoms with Crippen molar-refractivity contribution in [2.75, 3.05) is 0 Å². The molecular formula is C4H6F6NNa. The van der Waals surface area contributed by atoms with Gasteiger partial charge in [0.05, 0.1) is 0 Å². The molecule has 0 heterocycles. The summed E-state index contributed by atoms with van der Waals surface area (Å²) in [6.07, 6.45) is -13.1. The maximum atomic E-state index is 11.7. The number of rotatable bonds is 4. The molecule has 0 saturated carbocycles. The van der Waals surface area contributed by atoms with Crippen LogP contribution in [0.25, 0.3) is 0 Å². The van der Waals surface area contributed by atoms with Crippen LogP contribution in [0.5, 0.6) is 0 Å². The Bertz CT molecular complexity index is 99.7. The average Bonchev–Trinajstić information content (AvgIpc) is 1.87. The van der Waals surface area contributed by atoms with E-state index in [0.717, 1.165) is 5.32 Å². The van der Waals surface area contributed by atoms with Crippen LogP contribution in [0.4, 0.5) is 26.3 Å². The molecule has 2 atom stereocenters. The van der Waals surface area contributed by atoms with Crippen molar-refractivity contribution in [1.29, 1.82) is 0 Å². The van der Waals surface area contributed by atoms with Gasteiger partial charge in [0.25, 0.3) is 12.9 Å². The Morgan fingerprint density at radius 1 is 0.667 bits per heavy atom. The fraction of sp³-hybridized carbons (Fsp3) is 1.00. The molecule has 1 nitrogen and oxygen atoms in total. The van der Waals surface area contributed by atoms with Crippen LogP contribution in [0.3, 0.4) is 0 Å².